The Bertz CT molecular complexity index is 503. The molecule has 0 aliphatic carbocycles. The minimum absolute atomic E-state index is 0.301. The molecule has 1 aliphatic rings. The van der Waals surface area contributed by atoms with Crippen LogP contribution in [0.5, 0.6) is 0 Å². The molecule has 0 bridgehead atoms. The molecule has 2 atom stereocenters. The third-order valence-corrected chi connectivity index (χ3v) is 4.01. The number of aryl methyl sites for hydroxylation is 1. The first-order chi connectivity index (χ1) is 9.45. The summed E-state index contributed by atoms with van der Waals surface area (Å²) >= 11 is 0. The van der Waals surface area contributed by atoms with Crippen molar-refractivity contribution in [3.8, 4) is 6.07 Å². The molecule has 0 fully saturated rings. The quantitative estimate of drug-likeness (QED) is 0.914. The van der Waals surface area contributed by atoms with Gasteiger partial charge < -0.3 is 4.90 Å². The van der Waals surface area contributed by atoms with Crippen molar-refractivity contribution in [1.29, 1.82) is 5.26 Å². The summed E-state index contributed by atoms with van der Waals surface area (Å²) in [6.45, 7) is 9.15. The lowest BCUT2D eigenvalue weighted by Crippen LogP contribution is -2.55. The summed E-state index contributed by atoms with van der Waals surface area (Å²) in [7, 11) is 0. The van der Waals surface area contributed by atoms with Crippen LogP contribution in [0.2, 0.25) is 0 Å². The number of anilines is 1. The van der Waals surface area contributed by atoms with Crippen molar-refractivity contribution in [3.63, 3.8) is 0 Å². The molecule has 0 saturated carbocycles. The second-order valence-electron chi connectivity index (χ2n) is 6.39. The summed E-state index contributed by atoms with van der Waals surface area (Å²) in [4.78, 5) is 2.39. The number of nitriles is 1. The summed E-state index contributed by atoms with van der Waals surface area (Å²) in [5.41, 5.74) is 2.17. The molecule has 0 saturated heterocycles. The maximum absolute atomic E-state index is 9.56. The van der Waals surface area contributed by atoms with Crippen molar-refractivity contribution < 1.29 is 0 Å². The number of nitrogens with zero attached hydrogens (tertiary/aromatic N) is 2. The Kier molecular flexibility index (Phi) is 4.35. The van der Waals surface area contributed by atoms with Gasteiger partial charge in [0.05, 0.1) is 6.07 Å². The van der Waals surface area contributed by atoms with Gasteiger partial charge in [0, 0.05) is 24.3 Å². The van der Waals surface area contributed by atoms with Gasteiger partial charge in [-0.15, -0.1) is 0 Å². The number of para-hydroxylation sites is 1. The van der Waals surface area contributed by atoms with Gasteiger partial charge >= 0.3 is 0 Å². The number of hydrogen-bond donors (Lipinski definition) is 1. The molecule has 0 spiro atoms. The number of nitrogens with one attached hydrogen (secondary N) is 1. The predicted octanol–water partition coefficient (Wildman–Crippen LogP) is 3.11. The summed E-state index contributed by atoms with van der Waals surface area (Å²) < 4.78 is 0. The van der Waals surface area contributed by atoms with Crippen LogP contribution in [0.1, 0.15) is 39.7 Å². The van der Waals surface area contributed by atoms with Crippen LogP contribution in [0.3, 0.4) is 0 Å². The zero-order chi connectivity index (χ0) is 14.8. The Morgan fingerprint density at radius 3 is 2.80 bits per heavy atom. The number of fused-ring (bicyclic) bond motifs is 1. The predicted molar refractivity (Wildman–Crippen MR) is 83.9 cm³/mol. The first-order valence-electron chi connectivity index (χ1n) is 7.49. The van der Waals surface area contributed by atoms with E-state index in [4.69, 9.17) is 0 Å². The molecular weight excluding hydrogens is 246 g/mol. The van der Waals surface area contributed by atoms with Crippen molar-refractivity contribution in [3.05, 3.63) is 29.8 Å². The van der Waals surface area contributed by atoms with Gasteiger partial charge in [-0.1, -0.05) is 18.2 Å². The van der Waals surface area contributed by atoms with Crippen molar-refractivity contribution in [2.75, 3.05) is 11.4 Å². The summed E-state index contributed by atoms with van der Waals surface area (Å²) in [6, 6.07) is 11.8. The van der Waals surface area contributed by atoms with Crippen molar-refractivity contribution in [2.45, 2.75) is 58.2 Å². The summed E-state index contributed by atoms with van der Waals surface area (Å²) in [5.74, 6) is 0. The lowest BCUT2D eigenvalue weighted by Gasteiger charge is -2.41. The molecule has 108 valence electrons. The second kappa shape index (κ2) is 5.85. The molecule has 1 aromatic rings. The molecule has 1 aliphatic heterocycles. The fourth-order valence-electron chi connectivity index (χ4n) is 3.09. The smallest absolute Gasteiger partial charge is 0.121 e. The molecule has 1 aromatic carbocycles. The van der Waals surface area contributed by atoms with E-state index < -0.39 is 5.54 Å². The number of hydrogen-bond acceptors (Lipinski definition) is 3. The van der Waals surface area contributed by atoms with Crippen LogP contribution in [0.25, 0.3) is 0 Å². The van der Waals surface area contributed by atoms with Gasteiger partial charge in [-0.25, -0.2) is 0 Å². The molecule has 3 heteroatoms. The van der Waals surface area contributed by atoms with E-state index in [-0.39, 0.29) is 0 Å². The van der Waals surface area contributed by atoms with Crippen LogP contribution in [0, 0.1) is 11.3 Å². The van der Waals surface area contributed by atoms with Crippen LogP contribution < -0.4 is 10.2 Å². The Balaban J connectivity index is 2.26. The maximum atomic E-state index is 9.56. The van der Waals surface area contributed by atoms with Gasteiger partial charge in [-0.2, -0.15) is 5.26 Å². The highest BCUT2D eigenvalue weighted by Crippen LogP contribution is 2.31. The molecule has 0 radical (unpaired) electrons. The molecule has 0 amide bonds. The Morgan fingerprint density at radius 2 is 2.15 bits per heavy atom. The summed E-state index contributed by atoms with van der Waals surface area (Å²) in [6.07, 6.45) is 2.29. The SMILES string of the molecule is CC(C)NC(C)(C#N)CN1c2ccccc2CCC1C. The zero-order valence-corrected chi connectivity index (χ0v) is 13.0. The summed E-state index contributed by atoms with van der Waals surface area (Å²) in [5, 5.41) is 13.0. The Hall–Kier alpha value is -1.53. The fraction of sp³-hybridized carbons (Fsp3) is 0.588. The third kappa shape index (κ3) is 3.13. The topological polar surface area (TPSA) is 39.1 Å². The largest absolute Gasteiger partial charge is 0.366 e. The molecule has 0 aromatic heterocycles. The van der Waals surface area contributed by atoms with E-state index in [1.165, 1.54) is 11.3 Å². The fourth-order valence-corrected chi connectivity index (χ4v) is 3.09. The lowest BCUT2D eigenvalue weighted by atomic mass is 9.93. The molecule has 1 N–H and O–H groups in total. The van der Waals surface area contributed by atoms with E-state index in [9.17, 15) is 5.26 Å². The van der Waals surface area contributed by atoms with Crippen molar-refractivity contribution >= 4 is 5.69 Å². The highest BCUT2D eigenvalue weighted by Gasteiger charge is 2.32. The molecule has 1 heterocycles. The van der Waals surface area contributed by atoms with E-state index in [1.807, 2.05) is 6.92 Å². The minimum Gasteiger partial charge on any atom is -0.366 e. The molecule has 2 rings (SSSR count). The maximum Gasteiger partial charge on any atom is 0.121 e. The van der Waals surface area contributed by atoms with Crippen LogP contribution in [-0.2, 0) is 6.42 Å². The number of benzene rings is 1. The van der Waals surface area contributed by atoms with Gasteiger partial charge in [-0.3, -0.25) is 5.32 Å². The van der Waals surface area contributed by atoms with E-state index in [0.29, 0.717) is 12.1 Å². The third-order valence-electron chi connectivity index (χ3n) is 4.01. The average Bonchev–Trinajstić information content (AvgIpc) is 2.41. The lowest BCUT2D eigenvalue weighted by molar-refractivity contribution is 0.386. The average molecular weight is 271 g/mol. The molecule has 3 nitrogen and oxygen atoms in total. The monoisotopic (exact) mass is 271 g/mol. The normalized spacial score (nSPS) is 21.2. The molecule has 20 heavy (non-hydrogen) atoms. The van der Waals surface area contributed by atoms with E-state index in [0.717, 1.165) is 19.4 Å². The van der Waals surface area contributed by atoms with Gasteiger partial charge in [0.1, 0.15) is 5.54 Å². The first kappa shape index (κ1) is 14.9. The van der Waals surface area contributed by atoms with Gasteiger partial charge in [0.25, 0.3) is 0 Å². The highest BCUT2D eigenvalue weighted by atomic mass is 15.2. The van der Waals surface area contributed by atoms with Gasteiger partial charge in [0.15, 0.2) is 0 Å². The zero-order valence-electron chi connectivity index (χ0n) is 13.0. The van der Waals surface area contributed by atoms with Crippen LogP contribution >= 0.6 is 0 Å². The van der Waals surface area contributed by atoms with Crippen molar-refractivity contribution in [2.24, 2.45) is 0 Å². The van der Waals surface area contributed by atoms with Crippen molar-refractivity contribution in [1.82, 2.24) is 5.32 Å². The standard InChI is InChI=1S/C17H25N3/c1-13(2)19-17(4,11-18)12-20-14(3)9-10-15-7-5-6-8-16(15)20/h5-8,13-14,19H,9-10,12H2,1-4H3. The Morgan fingerprint density at radius 1 is 1.45 bits per heavy atom. The van der Waals surface area contributed by atoms with Gasteiger partial charge in [-0.05, 0) is 52.2 Å². The van der Waals surface area contributed by atoms with Crippen LogP contribution in [0.15, 0.2) is 24.3 Å². The molecular formula is C17H25N3. The van der Waals surface area contributed by atoms with E-state index >= 15 is 0 Å². The van der Waals surface area contributed by atoms with Crippen LogP contribution in [-0.4, -0.2) is 24.2 Å². The number of rotatable bonds is 4. The Labute approximate surface area is 122 Å². The second-order valence-corrected chi connectivity index (χ2v) is 6.39. The van der Waals surface area contributed by atoms with Gasteiger partial charge in [0.2, 0.25) is 0 Å². The minimum atomic E-state index is -0.521. The van der Waals surface area contributed by atoms with Crippen LogP contribution in [0.4, 0.5) is 5.69 Å². The highest BCUT2D eigenvalue weighted by molar-refractivity contribution is 5.57. The van der Waals surface area contributed by atoms with E-state index in [2.05, 4.69) is 61.3 Å². The first-order valence-corrected chi connectivity index (χ1v) is 7.49. The van der Waals surface area contributed by atoms with E-state index in [1.54, 1.807) is 0 Å². The molecule has 2 unspecified atom stereocenters.